The van der Waals surface area contributed by atoms with Crippen molar-refractivity contribution in [2.24, 2.45) is 4.99 Å². The lowest BCUT2D eigenvalue weighted by molar-refractivity contribution is 0.842. The number of hydrogen-bond acceptors (Lipinski definition) is 3. The largest absolute Gasteiger partial charge is 0.357 e. The highest BCUT2D eigenvalue weighted by molar-refractivity contribution is 14.0. The summed E-state index contributed by atoms with van der Waals surface area (Å²) in [5, 5.41) is 10.8. The van der Waals surface area contributed by atoms with Gasteiger partial charge in [-0.1, -0.05) is 12.1 Å². The highest BCUT2D eigenvalue weighted by Gasteiger charge is 1.99. The summed E-state index contributed by atoms with van der Waals surface area (Å²) in [6.07, 6.45) is 5.82. The van der Waals surface area contributed by atoms with Crippen LogP contribution in [0.15, 0.2) is 47.7 Å². The summed E-state index contributed by atoms with van der Waals surface area (Å²) in [7, 11) is 0. The molecule has 0 radical (unpaired) electrons. The number of hydrogen-bond donors (Lipinski definition) is 2. The lowest BCUT2D eigenvalue weighted by Crippen LogP contribution is -2.38. The van der Waals surface area contributed by atoms with Crippen molar-refractivity contribution >= 4 is 41.7 Å². The fraction of sp³-hybridized carbons (Fsp3) is 0.375. The zero-order chi connectivity index (χ0) is 15.6. The highest BCUT2D eigenvalue weighted by Crippen LogP contribution is 2.09. The zero-order valence-electron chi connectivity index (χ0n) is 13.5. The van der Waals surface area contributed by atoms with Crippen molar-refractivity contribution in [3.8, 4) is 5.69 Å². The van der Waals surface area contributed by atoms with Gasteiger partial charge >= 0.3 is 0 Å². The van der Waals surface area contributed by atoms with Crippen LogP contribution in [0.4, 0.5) is 0 Å². The van der Waals surface area contributed by atoms with E-state index in [-0.39, 0.29) is 24.0 Å². The molecule has 0 aliphatic rings. The summed E-state index contributed by atoms with van der Waals surface area (Å²) in [4.78, 5) is 4.61. The Hall–Kier alpha value is -1.22. The molecule has 0 atom stereocenters. The molecular formula is C16H24IN5S. The molecule has 2 rings (SSSR count). The topological polar surface area (TPSA) is 54.2 Å². The lowest BCUT2D eigenvalue weighted by Gasteiger charge is -2.10. The number of aliphatic imine (C=N–C) groups is 1. The normalized spacial score (nSPS) is 11.0. The van der Waals surface area contributed by atoms with Crippen LogP contribution in [-0.4, -0.2) is 40.8 Å². The molecular weight excluding hydrogens is 421 g/mol. The summed E-state index contributed by atoms with van der Waals surface area (Å²) in [6, 6.07) is 10.2. The number of aromatic nitrogens is 2. The molecule has 126 valence electrons. The fourth-order valence-corrected chi connectivity index (χ4v) is 2.27. The molecule has 0 aliphatic carbocycles. The van der Waals surface area contributed by atoms with E-state index < -0.39 is 0 Å². The Morgan fingerprint density at radius 1 is 1.26 bits per heavy atom. The average molecular weight is 445 g/mol. The first-order chi connectivity index (χ1) is 10.8. The second kappa shape index (κ2) is 11.3. The van der Waals surface area contributed by atoms with Crippen molar-refractivity contribution < 1.29 is 0 Å². The summed E-state index contributed by atoms with van der Waals surface area (Å²) in [6.45, 7) is 4.52. The Labute approximate surface area is 159 Å². The van der Waals surface area contributed by atoms with Crippen molar-refractivity contribution in [1.29, 1.82) is 0 Å². The predicted molar refractivity (Wildman–Crippen MR) is 110 cm³/mol. The quantitative estimate of drug-likeness (QED) is 0.298. The third kappa shape index (κ3) is 6.82. The molecule has 0 amide bonds. The molecule has 0 saturated heterocycles. The molecule has 23 heavy (non-hydrogen) atoms. The first-order valence-corrected chi connectivity index (χ1v) is 8.83. The Morgan fingerprint density at radius 2 is 2.04 bits per heavy atom. The summed E-state index contributed by atoms with van der Waals surface area (Å²) in [5.74, 6) is 1.94. The minimum Gasteiger partial charge on any atom is -0.357 e. The van der Waals surface area contributed by atoms with E-state index in [1.54, 1.807) is 6.20 Å². The maximum absolute atomic E-state index is 4.61. The minimum atomic E-state index is 0. The van der Waals surface area contributed by atoms with Gasteiger partial charge in [-0.15, -0.1) is 24.0 Å². The second-order valence-corrected chi connectivity index (χ2v) is 5.72. The van der Waals surface area contributed by atoms with Gasteiger partial charge in [-0.2, -0.15) is 16.9 Å². The molecule has 0 saturated carbocycles. The van der Waals surface area contributed by atoms with Crippen molar-refractivity contribution in [1.82, 2.24) is 20.4 Å². The SMILES string of the molecule is CCNC(=NCc1ccc(-n2cccn2)cc1)NCCSC.I. The van der Waals surface area contributed by atoms with Crippen LogP contribution in [0.5, 0.6) is 0 Å². The number of nitrogens with one attached hydrogen (secondary N) is 2. The van der Waals surface area contributed by atoms with Gasteiger partial charge in [-0.25, -0.2) is 9.67 Å². The Kier molecular flexibility index (Phi) is 9.77. The van der Waals surface area contributed by atoms with Gasteiger partial charge < -0.3 is 10.6 Å². The van der Waals surface area contributed by atoms with Crippen molar-refractivity contribution in [2.45, 2.75) is 13.5 Å². The zero-order valence-corrected chi connectivity index (χ0v) is 16.7. The van der Waals surface area contributed by atoms with Gasteiger partial charge in [0, 0.05) is 31.2 Å². The van der Waals surface area contributed by atoms with Gasteiger partial charge in [-0.05, 0) is 36.9 Å². The van der Waals surface area contributed by atoms with E-state index in [9.17, 15) is 0 Å². The standard InChI is InChI=1S/C16H23N5S.HI/c1-3-17-16(18-10-12-22-2)19-13-14-5-7-15(8-6-14)21-11-4-9-20-21;/h4-9,11H,3,10,12-13H2,1-2H3,(H2,17,18,19);1H. The Balaban J connectivity index is 0.00000264. The van der Waals surface area contributed by atoms with Gasteiger partial charge in [0.1, 0.15) is 0 Å². The molecule has 1 aromatic heterocycles. The van der Waals surface area contributed by atoms with Crippen LogP contribution >= 0.6 is 35.7 Å². The number of rotatable bonds is 7. The molecule has 1 heterocycles. The third-order valence-corrected chi connectivity index (χ3v) is 3.68. The molecule has 0 bridgehead atoms. The van der Waals surface area contributed by atoms with Crippen LogP contribution < -0.4 is 10.6 Å². The van der Waals surface area contributed by atoms with Gasteiger partial charge in [0.2, 0.25) is 0 Å². The monoisotopic (exact) mass is 445 g/mol. The molecule has 2 N–H and O–H groups in total. The highest BCUT2D eigenvalue weighted by atomic mass is 127. The number of thioether (sulfide) groups is 1. The maximum Gasteiger partial charge on any atom is 0.191 e. The number of benzene rings is 1. The van der Waals surface area contributed by atoms with E-state index in [1.165, 1.54) is 5.56 Å². The van der Waals surface area contributed by atoms with E-state index in [0.29, 0.717) is 6.54 Å². The summed E-state index contributed by atoms with van der Waals surface area (Å²) >= 11 is 1.82. The first kappa shape index (κ1) is 19.8. The van der Waals surface area contributed by atoms with Gasteiger partial charge in [-0.3, -0.25) is 0 Å². The van der Waals surface area contributed by atoms with Crippen LogP contribution in [0.25, 0.3) is 5.69 Å². The molecule has 7 heteroatoms. The Morgan fingerprint density at radius 3 is 2.65 bits per heavy atom. The van der Waals surface area contributed by atoms with Crippen molar-refractivity contribution in [3.63, 3.8) is 0 Å². The van der Waals surface area contributed by atoms with E-state index in [1.807, 2.05) is 28.7 Å². The smallest absolute Gasteiger partial charge is 0.191 e. The summed E-state index contributed by atoms with van der Waals surface area (Å²) < 4.78 is 1.85. The molecule has 0 aliphatic heterocycles. The second-order valence-electron chi connectivity index (χ2n) is 4.73. The van der Waals surface area contributed by atoms with Crippen molar-refractivity contribution in [2.75, 3.05) is 25.1 Å². The van der Waals surface area contributed by atoms with Crippen LogP contribution in [0.2, 0.25) is 0 Å². The van der Waals surface area contributed by atoms with Crippen LogP contribution in [0, 0.1) is 0 Å². The Bertz CT molecular complexity index is 569. The molecule has 5 nitrogen and oxygen atoms in total. The van der Waals surface area contributed by atoms with Gasteiger partial charge in [0.25, 0.3) is 0 Å². The fourth-order valence-electron chi connectivity index (χ4n) is 1.96. The van der Waals surface area contributed by atoms with Crippen molar-refractivity contribution in [3.05, 3.63) is 48.3 Å². The van der Waals surface area contributed by atoms with Crippen LogP contribution in [-0.2, 0) is 6.54 Å². The van der Waals surface area contributed by atoms with E-state index in [4.69, 9.17) is 0 Å². The first-order valence-electron chi connectivity index (χ1n) is 7.43. The molecule has 0 spiro atoms. The molecule has 0 unspecified atom stereocenters. The van der Waals surface area contributed by atoms with E-state index in [2.05, 4.69) is 58.2 Å². The van der Waals surface area contributed by atoms with Gasteiger partial charge in [0.05, 0.1) is 12.2 Å². The molecule has 2 aromatic rings. The van der Waals surface area contributed by atoms with Crippen LogP contribution in [0.1, 0.15) is 12.5 Å². The minimum absolute atomic E-state index is 0. The summed E-state index contributed by atoms with van der Waals surface area (Å²) in [5.41, 5.74) is 2.24. The predicted octanol–water partition coefficient (Wildman–Crippen LogP) is 2.91. The van der Waals surface area contributed by atoms with Crippen LogP contribution in [0.3, 0.4) is 0 Å². The number of guanidine groups is 1. The van der Waals surface area contributed by atoms with Gasteiger partial charge in [0.15, 0.2) is 5.96 Å². The van der Waals surface area contributed by atoms with E-state index in [0.717, 1.165) is 30.5 Å². The number of halogens is 1. The third-order valence-electron chi connectivity index (χ3n) is 3.07. The van der Waals surface area contributed by atoms with E-state index >= 15 is 0 Å². The maximum atomic E-state index is 4.61. The molecule has 1 aromatic carbocycles. The number of nitrogens with zero attached hydrogens (tertiary/aromatic N) is 3. The molecule has 0 fully saturated rings. The lowest BCUT2D eigenvalue weighted by atomic mass is 10.2. The average Bonchev–Trinajstić information content (AvgIpc) is 3.08.